The Bertz CT molecular complexity index is 93.1. The Hall–Kier alpha value is -0.180. The van der Waals surface area contributed by atoms with Gasteiger partial charge in [-0.25, -0.2) is 0 Å². The fourth-order valence-electron chi connectivity index (χ4n) is 0.465. The van der Waals surface area contributed by atoms with E-state index in [1.165, 1.54) is 0 Å². The predicted molar refractivity (Wildman–Crippen MR) is 41.7 cm³/mol. The summed E-state index contributed by atoms with van der Waals surface area (Å²) >= 11 is 4.13. The Balaban J connectivity index is 3.17. The Morgan fingerprint density at radius 2 is 2.33 bits per heavy atom. The van der Waals surface area contributed by atoms with Gasteiger partial charge in [-0.2, -0.15) is 12.6 Å². The molecule has 0 saturated carbocycles. The molecular weight excluding hydrogens is 134 g/mol. The first-order valence-corrected chi connectivity index (χ1v) is 3.57. The van der Waals surface area contributed by atoms with Crippen molar-refractivity contribution >= 4 is 18.5 Å². The van der Waals surface area contributed by atoms with Crippen LogP contribution in [0.15, 0.2) is 0 Å². The van der Waals surface area contributed by atoms with Crippen molar-refractivity contribution in [3.63, 3.8) is 0 Å². The van der Waals surface area contributed by atoms with Gasteiger partial charge in [0.15, 0.2) is 0 Å². The van der Waals surface area contributed by atoms with E-state index < -0.39 is 0 Å². The van der Waals surface area contributed by atoms with E-state index in [0.717, 1.165) is 6.42 Å². The minimum atomic E-state index is 0.0934. The van der Waals surface area contributed by atoms with Crippen LogP contribution in [0, 0.1) is 0 Å². The first-order chi connectivity index (χ1) is 4.16. The molecule has 0 bridgehead atoms. The minimum Gasteiger partial charge on any atom is -0.359 e. The van der Waals surface area contributed by atoms with Crippen molar-refractivity contribution in [2.45, 2.75) is 25.0 Å². The molecule has 0 aromatic carbocycles. The lowest BCUT2D eigenvalue weighted by Gasteiger charge is -2.00. The normalized spacial score (nSPS) is 12.8. The molecule has 2 nitrogen and oxygen atoms in total. The molecule has 0 heterocycles. The average molecular weight is 147 g/mol. The summed E-state index contributed by atoms with van der Waals surface area (Å²) in [4.78, 5) is 10.6. The molecule has 9 heavy (non-hydrogen) atoms. The molecule has 0 aliphatic heterocycles. The zero-order valence-corrected chi connectivity index (χ0v) is 6.74. The molecule has 54 valence electrons. The SMILES string of the molecule is CNC(=O)CCC(C)S. The molecule has 0 spiro atoms. The van der Waals surface area contributed by atoms with E-state index in [1.807, 2.05) is 6.92 Å². The van der Waals surface area contributed by atoms with Crippen LogP contribution in [0.4, 0.5) is 0 Å². The second-order valence-corrected chi connectivity index (χ2v) is 2.94. The van der Waals surface area contributed by atoms with Crippen molar-refractivity contribution in [3.05, 3.63) is 0 Å². The highest BCUT2D eigenvalue weighted by atomic mass is 32.1. The Labute approximate surface area is 61.4 Å². The van der Waals surface area contributed by atoms with Gasteiger partial charge in [-0.1, -0.05) is 6.92 Å². The Morgan fingerprint density at radius 3 is 2.67 bits per heavy atom. The first kappa shape index (κ1) is 8.82. The van der Waals surface area contributed by atoms with Gasteiger partial charge in [-0.3, -0.25) is 4.79 Å². The third-order valence-electron chi connectivity index (χ3n) is 1.07. The number of nitrogens with one attached hydrogen (secondary N) is 1. The second-order valence-electron chi connectivity index (χ2n) is 2.06. The van der Waals surface area contributed by atoms with Gasteiger partial charge >= 0.3 is 0 Å². The second kappa shape index (κ2) is 4.68. The summed E-state index contributed by atoms with van der Waals surface area (Å²) in [7, 11) is 1.64. The van der Waals surface area contributed by atoms with E-state index in [1.54, 1.807) is 7.05 Å². The number of carbonyl (C=O) groups is 1. The molecule has 1 unspecified atom stereocenters. The van der Waals surface area contributed by atoms with Crippen LogP contribution in [-0.4, -0.2) is 18.2 Å². The van der Waals surface area contributed by atoms with Gasteiger partial charge < -0.3 is 5.32 Å². The number of carbonyl (C=O) groups excluding carboxylic acids is 1. The maximum absolute atomic E-state index is 10.6. The maximum atomic E-state index is 10.6. The van der Waals surface area contributed by atoms with E-state index in [-0.39, 0.29) is 5.91 Å². The lowest BCUT2D eigenvalue weighted by molar-refractivity contribution is -0.120. The Morgan fingerprint density at radius 1 is 1.78 bits per heavy atom. The van der Waals surface area contributed by atoms with Crippen LogP contribution in [0.5, 0.6) is 0 Å². The summed E-state index contributed by atoms with van der Waals surface area (Å²) in [5, 5.41) is 2.87. The summed E-state index contributed by atoms with van der Waals surface area (Å²) < 4.78 is 0. The van der Waals surface area contributed by atoms with Crippen LogP contribution in [0.25, 0.3) is 0 Å². The van der Waals surface area contributed by atoms with E-state index in [9.17, 15) is 4.79 Å². The van der Waals surface area contributed by atoms with E-state index in [2.05, 4.69) is 17.9 Å². The predicted octanol–water partition coefficient (Wildman–Crippen LogP) is 0.831. The summed E-state index contributed by atoms with van der Waals surface area (Å²) in [5.74, 6) is 0.0934. The summed E-state index contributed by atoms with van der Waals surface area (Å²) in [6.45, 7) is 1.98. The average Bonchev–Trinajstić information content (AvgIpc) is 1.83. The van der Waals surface area contributed by atoms with Gasteiger partial charge in [0.2, 0.25) is 5.91 Å². The van der Waals surface area contributed by atoms with Crippen molar-refractivity contribution in [3.8, 4) is 0 Å². The highest BCUT2D eigenvalue weighted by molar-refractivity contribution is 7.80. The molecule has 1 amide bonds. The number of hydrogen-bond acceptors (Lipinski definition) is 2. The number of rotatable bonds is 3. The third-order valence-corrected chi connectivity index (χ3v) is 1.33. The van der Waals surface area contributed by atoms with Crippen LogP contribution in [0.1, 0.15) is 19.8 Å². The lowest BCUT2D eigenvalue weighted by atomic mass is 10.2. The zero-order chi connectivity index (χ0) is 7.28. The fraction of sp³-hybridized carbons (Fsp3) is 0.833. The molecule has 0 aliphatic carbocycles. The van der Waals surface area contributed by atoms with Gasteiger partial charge in [0.25, 0.3) is 0 Å². The first-order valence-electron chi connectivity index (χ1n) is 3.05. The topological polar surface area (TPSA) is 29.1 Å². The number of amides is 1. The quantitative estimate of drug-likeness (QED) is 0.569. The van der Waals surface area contributed by atoms with Gasteiger partial charge in [-0.05, 0) is 11.7 Å². The van der Waals surface area contributed by atoms with Gasteiger partial charge in [-0.15, -0.1) is 0 Å². The largest absolute Gasteiger partial charge is 0.359 e. The molecular formula is C6H13NOS. The molecule has 0 aromatic rings. The third kappa shape index (κ3) is 5.69. The zero-order valence-electron chi connectivity index (χ0n) is 5.85. The summed E-state index contributed by atoms with van der Waals surface area (Å²) in [6.07, 6.45) is 1.43. The van der Waals surface area contributed by atoms with Crippen molar-refractivity contribution < 1.29 is 4.79 Å². The molecule has 0 radical (unpaired) electrons. The smallest absolute Gasteiger partial charge is 0.219 e. The summed E-state index contributed by atoms with van der Waals surface area (Å²) in [6, 6.07) is 0. The summed E-state index contributed by atoms with van der Waals surface area (Å²) in [5.41, 5.74) is 0. The molecule has 0 fully saturated rings. The fourth-order valence-corrected chi connectivity index (χ4v) is 0.594. The van der Waals surface area contributed by atoms with E-state index in [4.69, 9.17) is 0 Å². The van der Waals surface area contributed by atoms with Crippen molar-refractivity contribution in [1.82, 2.24) is 5.32 Å². The Kier molecular flexibility index (Phi) is 4.58. The van der Waals surface area contributed by atoms with Crippen LogP contribution < -0.4 is 5.32 Å². The van der Waals surface area contributed by atoms with Crippen LogP contribution in [0.3, 0.4) is 0 Å². The molecule has 0 saturated heterocycles. The van der Waals surface area contributed by atoms with Gasteiger partial charge in [0.05, 0.1) is 0 Å². The van der Waals surface area contributed by atoms with E-state index in [0.29, 0.717) is 11.7 Å². The van der Waals surface area contributed by atoms with Gasteiger partial charge in [0.1, 0.15) is 0 Å². The van der Waals surface area contributed by atoms with Crippen molar-refractivity contribution in [2.24, 2.45) is 0 Å². The molecule has 0 rings (SSSR count). The highest BCUT2D eigenvalue weighted by Gasteiger charge is 1.99. The maximum Gasteiger partial charge on any atom is 0.219 e. The molecule has 0 aliphatic rings. The number of thiol groups is 1. The van der Waals surface area contributed by atoms with Gasteiger partial charge in [0, 0.05) is 13.5 Å². The van der Waals surface area contributed by atoms with Crippen molar-refractivity contribution in [1.29, 1.82) is 0 Å². The van der Waals surface area contributed by atoms with Crippen LogP contribution >= 0.6 is 12.6 Å². The molecule has 1 atom stereocenters. The van der Waals surface area contributed by atoms with Crippen LogP contribution in [0.2, 0.25) is 0 Å². The van der Waals surface area contributed by atoms with Crippen LogP contribution in [-0.2, 0) is 4.79 Å². The number of hydrogen-bond donors (Lipinski definition) is 2. The lowest BCUT2D eigenvalue weighted by Crippen LogP contribution is -2.18. The molecule has 3 heteroatoms. The highest BCUT2D eigenvalue weighted by Crippen LogP contribution is 2.01. The monoisotopic (exact) mass is 147 g/mol. The molecule has 1 N–H and O–H groups in total. The van der Waals surface area contributed by atoms with Crippen molar-refractivity contribution in [2.75, 3.05) is 7.05 Å². The molecule has 0 aromatic heterocycles. The van der Waals surface area contributed by atoms with E-state index >= 15 is 0 Å². The minimum absolute atomic E-state index is 0.0934. The standard InChI is InChI=1S/C6H13NOS/c1-5(9)3-4-6(8)7-2/h5,9H,3-4H2,1-2H3,(H,7,8).